The van der Waals surface area contributed by atoms with Gasteiger partial charge in [0.2, 0.25) is 0 Å². The first kappa shape index (κ1) is 16.2. The van der Waals surface area contributed by atoms with E-state index >= 15 is 0 Å². The highest BCUT2D eigenvalue weighted by Crippen LogP contribution is 2.30. The number of benzene rings is 2. The molecule has 1 N–H and O–H groups in total. The molecule has 0 saturated carbocycles. The van der Waals surface area contributed by atoms with Gasteiger partial charge in [-0.05, 0) is 31.2 Å². The summed E-state index contributed by atoms with van der Waals surface area (Å²) in [4.78, 5) is 33.8. The van der Waals surface area contributed by atoms with Crippen LogP contribution in [0.5, 0.6) is 0 Å². The molecule has 0 spiro atoms. The SMILES string of the molecule is COC(=O)c1ccccc1Nc1ccc(C(C)=O)cc1[N+](=O)[O-]. The lowest BCUT2D eigenvalue weighted by Gasteiger charge is -2.11. The fraction of sp³-hybridized carbons (Fsp3) is 0.125. The van der Waals surface area contributed by atoms with Crippen molar-refractivity contribution in [2.45, 2.75) is 6.92 Å². The minimum atomic E-state index is -0.588. The second kappa shape index (κ2) is 6.69. The van der Waals surface area contributed by atoms with Gasteiger partial charge in [-0.2, -0.15) is 0 Å². The van der Waals surface area contributed by atoms with Crippen LogP contribution in [0.2, 0.25) is 0 Å². The quantitative estimate of drug-likeness (QED) is 0.393. The summed E-state index contributed by atoms with van der Waals surface area (Å²) >= 11 is 0. The summed E-state index contributed by atoms with van der Waals surface area (Å²) in [7, 11) is 1.25. The van der Waals surface area contributed by atoms with Crippen molar-refractivity contribution >= 4 is 28.8 Å². The molecule has 0 aromatic heterocycles. The highest BCUT2D eigenvalue weighted by molar-refractivity contribution is 5.98. The summed E-state index contributed by atoms with van der Waals surface area (Å²) in [6.45, 7) is 1.33. The maximum absolute atomic E-state index is 11.7. The van der Waals surface area contributed by atoms with Gasteiger partial charge in [-0.15, -0.1) is 0 Å². The number of nitrogens with one attached hydrogen (secondary N) is 1. The van der Waals surface area contributed by atoms with Gasteiger partial charge < -0.3 is 10.1 Å². The largest absolute Gasteiger partial charge is 0.465 e. The normalized spacial score (nSPS) is 10.0. The maximum Gasteiger partial charge on any atom is 0.339 e. The lowest BCUT2D eigenvalue weighted by Crippen LogP contribution is -2.06. The number of methoxy groups -OCH3 is 1. The van der Waals surface area contributed by atoms with E-state index in [9.17, 15) is 19.7 Å². The summed E-state index contributed by atoms with van der Waals surface area (Å²) in [6.07, 6.45) is 0. The van der Waals surface area contributed by atoms with Crippen molar-refractivity contribution in [1.29, 1.82) is 0 Å². The third kappa shape index (κ3) is 3.52. The van der Waals surface area contributed by atoms with Crippen LogP contribution in [0.15, 0.2) is 42.5 Å². The number of anilines is 2. The number of ether oxygens (including phenoxy) is 1. The molecule has 2 aromatic rings. The van der Waals surface area contributed by atoms with E-state index in [0.717, 1.165) is 0 Å². The Hall–Kier alpha value is -3.22. The average Bonchev–Trinajstić information content (AvgIpc) is 2.54. The molecule has 0 unspecified atom stereocenters. The van der Waals surface area contributed by atoms with Gasteiger partial charge >= 0.3 is 5.97 Å². The van der Waals surface area contributed by atoms with Crippen LogP contribution >= 0.6 is 0 Å². The van der Waals surface area contributed by atoms with Gasteiger partial charge in [-0.3, -0.25) is 14.9 Å². The van der Waals surface area contributed by atoms with Crippen LogP contribution in [-0.4, -0.2) is 23.8 Å². The van der Waals surface area contributed by atoms with E-state index in [0.29, 0.717) is 5.69 Å². The van der Waals surface area contributed by atoms with Gasteiger partial charge in [-0.1, -0.05) is 12.1 Å². The monoisotopic (exact) mass is 314 g/mol. The van der Waals surface area contributed by atoms with Crippen LogP contribution in [0.25, 0.3) is 0 Å². The van der Waals surface area contributed by atoms with E-state index in [1.807, 2.05) is 0 Å². The summed E-state index contributed by atoms with van der Waals surface area (Å²) < 4.78 is 4.69. The van der Waals surface area contributed by atoms with Crippen molar-refractivity contribution in [3.05, 3.63) is 63.7 Å². The number of nitro groups is 1. The molecular formula is C16H14N2O5. The van der Waals surface area contributed by atoms with E-state index in [2.05, 4.69) is 10.1 Å². The number of hydrogen-bond acceptors (Lipinski definition) is 6. The van der Waals surface area contributed by atoms with Crippen LogP contribution in [0, 0.1) is 10.1 Å². The Balaban J connectivity index is 2.47. The first-order chi connectivity index (χ1) is 10.9. The number of Topliss-reactive ketones (excluding diaryl/α,β-unsaturated/α-hetero) is 1. The van der Waals surface area contributed by atoms with Gasteiger partial charge in [0, 0.05) is 11.6 Å². The van der Waals surface area contributed by atoms with Gasteiger partial charge in [0.1, 0.15) is 5.69 Å². The number of ketones is 1. The second-order valence-electron chi connectivity index (χ2n) is 4.71. The van der Waals surface area contributed by atoms with E-state index in [-0.39, 0.29) is 28.3 Å². The predicted octanol–water partition coefficient (Wildman–Crippen LogP) is 3.33. The minimum Gasteiger partial charge on any atom is -0.465 e. The number of rotatable bonds is 5. The van der Waals surface area contributed by atoms with Gasteiger partial charge in [0.15, 0.2) is 5.78 Å². The van der Waals surface area contributed by atoms with Gasteiger partial charge in [-0.25, -0.2) is 4.79 Å². The van der Waals surface area contributed by atoms with Crippen LogP contribution in [-0.2, 0) is 4.74 Å². The molecule has 7 nitrogen and oxygen atoms in total. The van der Waals surface area contributed by atoms with Crippen molar-refractivity contribution in [3.63, 3.8) is 0 Å². The molecule has 0 amide bonds. The molecule has 0 radical (unpaired) electrons. The zero-order valence-electron chi connectivity index (χ0n) is 12.5. The van der Waals surface area contributed by atoms with Crippen molar-refractivity contribution in [2.75, 3.05) is 12.4 Å². The smallest absolute Gasteiger partial charge is 0.339 e. The first-order valence-corrected chi connectivity index (χ1v) is 6.67. The van der Waals surface area contributed by atoms with E-state index in [1.165, 1.54) is 32.2 Å². The molecule has 2 aromatic carbocycles. The number of nitrogens with zero attached hydrogens (tertiary/aromatic N) is 1. The lowest BCUT2D eigenvalue weighted by atomic mass is 10.1. The number of carbonyl (C=O) groups excluding carboxylic acids is 2. The summed E-state index contributed by atoms with van der Waals surface area (Å²) in [5.74, 6) is -0.828. The topological polar surface area (TPSA) is 98.5 Å². The van der Waals surface area contributed by atoms with Crippen molar-refractivity contribution < 1.29 is 19.2 Å². The molecule has 0 fully saturated rings. The molecule has 0 aliphatic heterocycles. The fourth-order valence-electron chi connectivity index (χ4n) is 2.03. The van der Waals surface area contributed by atoms with Crippen LogP contribution < -0.4 is 5.32 Å². The molecule has 118 valence electrons. The highest BCUT2D eigenvalue weighted by atomic mass is 16.6. The molecule has 0 bridgehead atoms. The van der Waals surface area contributed by atoms with E-state index < -0.39 is 10.9 Å². The Labute approximate surface area is 132 Å². The molecule has 0 saturated heterocycles. The number of para-hydroxylation sites is 1. The Morgan fingerprint density at radius 2 is 1.83 bits per heavy atom. The minimum absolute atomic E-state index is 0.177. The lowest BCUT2D eigenvalue weighted by molar-refractivity contribution is -0.383. The van der Waals surface area contributed by atoms with E-state index in [4.69, 9.17) is 0 Å². The first-order valence-electron chi connectivity index (χ1n) is 6.67. The zero-order valence-corrected chi connectivity index (χ0v) is 12.5. The number of esters is 1. The van der Waals surface area contributed by atoms with Gasteiger partial charge in [0.05, 0.1) is 23.3 Å². The Morgan fingerprint density at radius 1 is 1.13 bits per heavy atom. The maximum atomic E-state index is 11.7. The van der Waals surface area contributed by atoms with Crippen LogP contribution in [0.4, 0.5) is 17.1 Å². The van der Waals surface area contributed by atoms with Crippen molar-refractivity contribution in [2.24, 2.45) is 0 Å². The second-order valence-corrected chi connectivity index (χ2v) is 4.71. The molecule has 2 rings (SSSR count). The van der Waals surface area contributed by atoms with Crippen molar-refractivity contribution in [3.8, 4) is 0 Å². The van der Waals surface area contributed by atoms with Gasteiger partial charge in [0.25, 0.3) is 5.69 Å². The Kier molecular flexibility index (Phi) is 4.70. The molecule has 0 heterocycles. The number of nitro benzene ring substituents is 1. The highest BCUT2D eigenvalue weighted by Gasteiger charge is 2.18. The van der Waals surface area contributed by atoms with Crippen molar-refractivity contribution in [1.82, 2.24) is 0 Å². The third-order valence-electron chi connectivity index (χ3n) is 3.20. The molecule has 23 heavy (non-hydrogen) atoms. The summed E-state index contributed by atoms with van der Waals surface area (Å²) in [5.41, 5.74) is 0.787. The Bertz CT molecular complexity index is 786. The molecule has 0 aliphatic carbocycles. The fourth-order valence-corrected chi connectivity index (χ4v) is 2.03. The molecular weight excluding hydrogens is 300 g/mol. The molecule has 0 aliphatic rings. The third-order valence-corrected chi connectivity index (χ3v) is 3.20. The average molecular weight is 314 g/mol. The molecule has 0 atom stereocenters. The standard InChI is InChI=1S/C16H14N2O5/c1-10(19)11-7-8-14(15(9-11)18(21)22)17-13-6-4-3-5-12(13)16(20)23-2/h3-9,17H,1-2H3. The van der Waals surface area contributed by atoms with Crippen LogP contribution in [0.3, 0.4) is 0 Å². The summed E-state index contributed by atoms with van der Waals surface area (Å²) in [6, 6.07) is 10.6. The molecule has 7 heteroatoms. The van der Waals surface area contributed by atoms with E-state index in [1.54, 1.807) is 24.3 Å². The number of carbonyl (C=O) groups is 2. The number of hydrogen-bond donors (Lipinski definition) is 1. The predicted molar refractivity (Wildman–Crippen MR) is 84.2 cm³/mol. The zero-order chi connectivity index (χ0) is 17.0. The Morgan fingerprint density at radius 3 is 2.43 bits per heavy atom. The van der Waals surface area contributed by atoms with Crippen LogP contribution in [0.1, 0.15) is 27.6 Å². The summed E-state index contributed by atoms with van der Waals surface area (Å²) in [5, 5.41) is 14.1.